The van der Waals surface area contributed by atoms with Crippen LogP contribution in [0.15, 0.2) is 42.7 Å². The lowest BCUT2D eigenvalue weighted by Crippen LogP contribution is -2.25. The number of rotatable bonds is 3. The molecule has 2 aliphatic heterocycles. The van der Waals surface area contributed by atoms with Gasteiger partial charge in [-0.3, -0.25) is 9.48 Å². The molecule has 3 aromatic rings. The molecule has 0 bridgehead atoms. The Balaban J connectivity index is 1.61. The molecule has 30 heavy (non-hydrogen) atoms. The van der Waals surface area contributed by atoms with Gasteiger partial charge in [-0.1, -0.05) is 6.07 Å². The summed E-state index contributed by atoms with van der Waals surface area (Å²) in [6, 6.07) is 9.47. The predicted molar refractivity (Wildman–Crippen MR) is 112 cm³/mol. The maximum absolute atomic E-state index is 14.0. The highest BCUT2D eigenvalue weighted by Gasteiger charge is 2.28. The minimum absolute atomic E-state index is 0.0158. The maximum atomic E-state index is 14.0. The topological polar surface area (TPSA) is 41.4 Å². The van der Waals surface area contributed by atoms with Crippen molar-refractivity contribution in [3.8, 4) is 11.1 Å². The molecule has 5 nitrogen and oxygen atoms in total. The summed E-state index contributed by atoms with van der Waals surface area (Å²) < 4.78 is 29.6. The maximum Gasteiger partial charge on any atom is 0.264 e. The largest absolute Gasteiger partial charge is 0.341 e. The van der Waals surface area contributed by atoms with Gasteiger partial charge in [0.2, 0.25) is 5.91 Å². The van der Waals surface area contributed by atoms with Gasteiger partial charge in [-0.2, -0.15) is 5.10 Å². The molecule has 0 aliphatic carbocycles. The lowest BCUT2D eigenvalue weighted by atomic mass is 9.92. The molecular weight excluding hydrogens is 386 g/mol. The molecule has 0 saturated heterocycles. The van der Waals surface area contributed by atoms with Crippen LogP contribution >= 0.6 is 0 Å². The van der Waals surface area contributed by atoms with Crippen molar-refractivity contribution in [1.29, 1.82) is 0 Å². The molecule has 1 aromatic heterocycles. The van der Waals surface area contributed by atoms with Gasteiger partial charge < -0.3 is 9.80 Å². The second-order valence-corrected chi connectivity index (χ2v) is 7.97. The van der Waals surface area contributed by atoms with Crippen LogP contribution in [-0.2, 0) is 24.7 Å². The number of amides is 1. The number of hydrogen-bond acceptors (Lipinski definition) is 3. The molecule has 2 aromatic carbocycles. The summed E-state index contributed by atoms with van der Waals surface area (Å²) in [4.78, 5) is 15.8. The fourth-order valence-electron chi connectivity index (χ4n) is 4.51. The van der Waals surface area contributed by atoms with Crippen LogP contribution in [0.4, 0.5) is 25.8 Å². The first-order valence-electron chi connectivity index (χ1n) is 10.0. The Bertz CT molecular complexity index is 1150. The number of aromatic nitrogens is 2. The lowest BCUT2D eigenvalue weighted by Gasteiger charge is -2.33. The predicted octanol–water partition coefficient (Wildman–Crippen LogP) is 4.63. The van der Waals surface area contributed by atoms with E-state index in [0.29, 0.717) is 17.5 Å². The first-order chi connectivity index (χ1) is 14.4. The number of nitrogens with zero attached hydrogens (tertiary/aromatic N) is 4. The first-order valence-corrected chi connectivity index (χ1v) is 10.0. The number of alkyl halides is 2. The Morgan fingerprint density at radius 1 is 1.07 bits per heavy atom. The summed E-state index contributed by atoms with van der Waals surface area (Å²) in [6.07, 6.45) is 2.99. The molecular formula is C23H22F2N4O. The van der Waals surface area contributed by atoms with E-state index >= 15 is 0 Å². The third-order valence-corrected chi connectivity index (χ3v) is 6.08. The fourth-order valence-corrected chi connectivity index (χ4v) is 4.51. The fraction of sp³-hybridized carbons (Fsp3) is 0.304. The highest BCUT2D eigenvalue weighted by Crippen LogP contribution is 2.42. The number of aryl methyl sites for hydroxylation is 2. The van der Waals surface area contributed by atoms with Gasteiger partial charge >= 0.3 is 0 Å². The zero-order chi connectivity index (χ0) is 21.0. The highest BCUT2D eigenvalue weighted by atomic mass is 19.3. The smallest absolute Gasteiger partial charge is 0.264 e. The SMILES string of the molecule is CN1C(=O)Cc2ccc(N3CCCc4cc(-c5cnn(C)c5)c(C(F)F)cc43)cc21. The van der Waals surface area contributed by atoms with Gasteiger partial charge in [0.1, 0.15) is 0 Å². The Labute approximate surface area is 173 Å². The minimum Gasteiger partial charge on any atom is -0.341 e. The standard InChI is InChI=1S/C23H22F2N4O/c1-27-13-16(12-26-27)18-8-14-4-3-7-29(21(14)11-19(18)23(24)25)17-6-5-15-9-22(30)28(2)20(15)10-17/h5-6,8,10-13,23H,3-4,7,9H2,1-2H3. The van der Waals surface area contributed by atoms with Gasteiger partial charge in [-0.15, -0.1) is 0 Å². The molecule has 3 heterocycles. The molecule has 5 rings (SSSR count). The van der Waals surface area contributed by atoms with E-state index in [4.69, 9.17) is 0 Å². The van der Waals surface area contributed by atoms with Crippen LogP contribution < -0.4 is 9.80 Å². The summed E-state index contributed by atoms with van der Waals surface area (Å²) in [6.45, 7) is 0.748. The van der Waals surface area contributed by atoms with E-state index < -0.39 is 6.43 Å². The number of fused-ring (bicyclic) bond motifs is 2. The second-order valence-electron chi connectivity index (χ2n) is 7.97. The van der Waals surface area contributed by atoms with Gasteiger partial charge in [0.25, 0.3) is 6.43 Å². The molecule has 7 heteroatoms. The number of benzene rings is 2. The van der Waals surface area contributed by atoms with E-state index in [1.807, 2.05) is 24.3 Å². The first kappa shape index (κ1) is 18.8. The van der Waals surface area contributed by atoms with Crippen LogP contribution in [0.25, 0.3) is 11.1 Å². The van der Waals surface area contributed by atoms with Crippen molar-refractivity contribution in [2.24, 2.45) is 7.05 Å². The molecule has 0 unspecified atom stereocenters. The number of carbonyl (C=O) groups excluding carboxylic acids is 1. The van der Waals surface area contributed by atoms with Crippen LogP contribution in [-0.4, -0.2) is 29.3 Å². The molecule has 0 N–H and O–H groups in total. The number of halogens is 2. The van der Waals surface area contributed by atoms with E-state index in [1.165, 1.54) is 0 Å². The molecule has 154 valence electrons. The summed E-state index contributed by atoms with van der Waals surface area (Å²) >= 11 is 0. The van der Waals surface area contributed by atoms with E-state index in [2.05, 4.69) is 10.00 Å². The zero-order valence-corrected chi connectivity index (χ0v) is 16.9. The van der Waals surface area contributed by atoms with E-state index in [1.54, 1.807) is 42.1 Å². The molecule has 2 aliphatic rings. The van der Waals surface area contributed by atoms with Crippen molar-refractivity contribution in [1.82, 2.24) is 9.78 Å². The van der Waals surface area contributed by atoms with Gasteiger partial charge in [-0.25, -0.2) is 8.78 Å². The van der Waals surface area contributed by atoms with Crippen molar-refractivity contribution < 1.29 is 13.6 Å². The number of hydrogen-bond donors (Lipinski definition) is 0. The van der Waals surface area contributed by atoms with Gasteiger partial charge in [0, 0.05) is 55.0 Å². The van der Waals surface area contributed by atoms with Gasteiger partial charge in [0.15, 0.2) is 0 Å². The average Bonchev–Trinajstić information content (AvgIpc) is 3.29. The zero-order valence-electron chi connectivity index (χ0n) is 16.9. The highest BCUT2D eigenvalue weighted by molar-refractivity contribution is 6.01. The van der Waals surface area contributed by atoms with Crippen molar-refractivity contribution in [3.63, 3.8) is 0 Å². The number of anilines is 3. The second kappa shape index (κ2) is 6.93. The Hall–Kier alpha value is -3.22. The molecule has 0 saturated carbocycles. The van der Waals surface area contributed by atoms with Gasteiger partial charge in [-0.05, 0) is 53.8 Å². The molecule has 0 atom stereocenters. The van der Waals surface area contributed by atoms with Gasteiger partial charge in [0.05, 0.1) is 12.6 Å². The van der Waals surface area contributed by atoms with Crippen molar-refractivity contribution in [2.75, 3.05) is 23.4 Å². The van der Waals surface area contributed by atoms with Crippen LogP contribution in [0.5, 0.6) is 0 Å². The number of carbonyl (C=O) groups is 1. The lowest BCUT2D eigenvalue weighted by molar-refractivity contribution is -0.117. The summed E-state index contributed by atoms with van der Waals surface area (Å²) in [5, 5.41) is 4.14. The van der Waals surface area contributed by atoms with Crippen molar-refractivity contribution >= 4 is 23.0 Å². The van der Waals surface area contributed by atoms with E-state index in [-0.39, 0.29) is 11.5 Å². The summed E-state index contributed by atoms with van der Waals surface area (Å²) in [7, 11) is 3.55. The third-order valence-electron chi connectivity index (χ3n) is 6.08. The Morgan fingerprint density at radius 2 is 1.90 bits per heavy atom. The quantitative estimate of drug-likeness (QED) is 0.635. The van der Waals surface area contributed by atoms with Crippen LogP contribution in [0.1, 0.15) is 29.5 Å². The van der Waals surface area contributed by atoms with Crippen molar-refractivity contribution in [3.05, 3.63) is 59.4 Å². The molecule has 1 amide bonds. The normalized spacial score (nSPS) is 15.7. The summed E-state index contributed by atoms with van der Waals surface area (Å²) in [5.41, 5.74) is 5.94. The van der Waals surface area contributed by atoms with E-state index in [9.17, 15) is 13.6 Å². The average molecular weight is 408 g/mol. The summed E-state index contributed by atoms with van der Waals surface area (Å²) in [5.74, 6) is 0.0716. The molecule has 0 spiro atoms. The Kier molecular flexibility index (Phi) is 4.34. The van der Waals surface area contributed by atoms with Crippen molar-refractivity contribution in [2.45, 2.75) is 25.7 Å². The van der Waals surface area contributed by atoms with Crippen LogP contribution in [0.2, 0.25) is 0 Å². The monoisotopic (exact) mass is 408 g/mol. The van der Waals surface area contributed by atoms with E-state index in [0.717, 1.165) is 47.6 Å². The Morgan fingerprint density at radius 3 is 2.63 bits per heavy atom. The van der Waals surface area contributed by atoms with Crippen LogP contribution in [0.3, 0.4) is 0 Å². The molecule has 0 fully saturated rings. The number of likely N-dealkylation sites (N-methyl/N-ethyl adjacent to an activating group) is 1. The van der Waals surface area contributed by atoms with Crippen LogP contribution in [0, 0.1) is 0 Å². The minimum atomic E-state index is -2.59. The third kappa shape index (κ3) is 2.96. The molecule has 0 radical (unpaired) electrons.